The first kappa shape index (κ1) is 12.5. The van der Waals surface area contributed by atoms with Crippen LogP contribution in [0.2, 0.25) is 5.02 Å². The molecular weight excluding hydrogens is 230 g/mol. The van der Waals surface area contributed by atoms with Gasteiger partial charge >= 0.3 is 11.9 Å². The second-order valence-corrected chi connectivity index (χ2v) is 3.47. The monoisotopic (exact) mass is 241 g/mol. The van der Waals surface area contributed by atoms with E-state index in [4.69, 9.17) is 11.6 Å². The number of carbonyl (C=O) groups excluding carboxylic acids is 2. The zero-order chi connectivity index (χ0) is 12.0. The number of hydrogen-bond donors (Lipinski definition) is 1. The highest BCUT2D eigenvalue weighted by Gasteiger charge is 2.13. The van der Waals surface area contributed by atoms with Gasteiger partial charge in [0.2, 0.25) is 0 Å². The zero-order valence-electron chi connectivity index (χ0n) is 8.83. The zero-order valence-corrected chi connectivity index (χ0v) is 9.58. The van der Waals surface area contributed by atoms with Crippen LogP contribution in [0.15, 0.2) is 24.3 Å². The highest BCUT2D eigenvalue weighted by molar-refractivity contribution is 6.32. The molecule has 0 aliphatic carbocycles. The predicted molar refractivity (Wildman–Crippen MR) is 59.9 cm³/mol. The summed E-state index contributed by atoms with van der Waals surface area (Å²) in [7, 11) is 0. The number of esters is 1. The van der Waals surface area contributed by atoms with Gasteiger partial charge in [0.25, 0.3) is 0 Å². The van der Waals surface area contributed by atoms with E-state index in [0.29, 0.717) is 5.02 Å². The molecule has 0 spiro atoms. The minimum absolute atomic E-state index is 0.184. The summed E-state index contributed by atoms with van der Waals surface area (Å²) in [6, 6.07) is 7.02. The van der Waals surface area contributed by atoms with Crippen LogP contribution in [0.4, 0.5) is 0 Å². The molecule has 0 aliphatic heterocycles. The van der Waals surface area contributed by atoms with Crippen molar-refractivity contribution in [1.29, 1.82) is 0 Å². The van der Waals surface area contributed by atoms with Gasteiger partial charge in [0.05, 0.1) is 6.61 Å². The van der Waals surface area contributed by atoms with Gasteiger partial charge in [-0.05, 0) is 24.6 Å². The van der Waals surface area contributed by atoms with Crippen LogP contribution in [0, 0.1) is 0 Å². The van der Waals surface area contributed by atoms with E-state index in [-0.39, 0.29) is 13.2 Å². The van der Waals surface area contributed by atoms with Gasteiger partial charge in [-0.1, -0.05) is 23.7 Å². The number of amides is 1. The lowest BCUT2D eigenvalue weighted by Crippen LogP contribution is -2.32. The van der Waals surface area contributed by atoms with E-state index < -0.39 is 11.9 Å². The summed E-state index contributed by atoms with van der Waals surface area (Å²) in [6.07, 6.45) is 0. The standard InChI is InChI=1S/C11H12ClNO3/c1-2-16-11(15)10(14)13-7-8-4-3-5-9(12)6-8/h3-6H,2,7H2,1H3,(H,13,14). The quantitative estimate of drug-likeness (QED) is 0.645. The van der Waals surface area contributed by atoms with Crippen LogP contribution >= 0.6 is 11.6 Å². The summed E-state index contributed by atoms with van der Waals surface area (Å²) in [6.45, 7) is 2.07. The smallest absolute Gasteiger partial charge is 0.396 e. The van der Waals surface area contributed by atoms with E-state index in [9.17, 15) is 9.59 Å². The molecule has 4 nitrogen and oxygen atoms in total. The molecule has 0 aromatic heterocycles. The molecule has 1 aromatic carbocycles. The lowest BCUT2D eigenvalue weighted by atomic mass is 10.2. The molecule has 1 amide bonds. The molecule has 0 atom stereocenters. The Hall–Kier alpha value is -1.55. The number of hydrogen-bond acceptors (Lipinski definition) is 3. The molecule has 5 heteroatoms. The molecule has 0 saturated carbocycles. The molecule has 16 heavy (non-hydrogen) atoms. The maximum Gasteiger partial charge on any atom is 0.396 e. The first-order valence-electron chi connectivity index (χ1n) is 4.83. The molecule has 1 rings (SSSR count). The van der Waals surface area contributed by atoms with Gasteiger partial charge in [-0.3, -0.25) is 4.79 Å². The average molecular weight is 242 g/mol. The van der Waals surface area contributed by atoms with Crippen LogP contribution in [0.3, 0.4) is 0 Å². The van der Waals surface area contributed by atoms with Crippen molar-refractivity contribution in [2.24, 2.45) is 0 Å². The molecule has 0 bridgehead atoms. The van der Waals surface area contributed by atoms with Gasteiger partial charge in [0.15, 0.2) is 0 Å². The number of halogens is 1. The molecular formula is C11H12ClNO3. The Morgan fingerprint density at radius 3 is 2.81 bits per heavy atom. The van der Waals surface area contributed by atoms with Crippen LogP contribution in [-0.4, -0.2) is 18.5 Å². The Balaban J connectivity index is 2.46. The van der Waals surface area contributed by atoms with Crippen LogP contribution in [0.25, 0.3) is 0 Å². The summed E-state index contributed by atoms with van der Waals surface area (Å²) in [5.41, 5.74) is 0.824. The first-order valence-corrected chi connectivity index (χ1v) is 5.20. The van der Waals surface area contributed by atoms with E-state index >= 15 is 0 Å². The number of benzene rings is 1. The molecule has 0 heterocycles. The lowest BCUT2D eigenvalue weighted by Gasteiger charge is -2.04. The summed E-state index contributed by atoms with van der Waals surface area (Å²) in [4.78, 5) is 22.1. The normalized spacial score (nSPS) is 9.62. The van der Waals surface area contributed by atoms with Crippen molar-refractivity contribution in [3.8, 4) is 0 Å². The Morgan fingerprint density at radius 2 is 2.19 bits per heavy atom. The van der Waals surface area contributed by atoms with Gasteiger partial charge in [0, 0.05) is 11.6 Å². The summed E-state index contributed by atoms with van der Waals surface area (Å²) in [5.74, 6) is -1.62. The fourth-order valence-corrected chi connectivity index (χ4v) is 1.31. The van der Waals surface area contributed by atoms with Crippen LogP contribution in [0.5, 0.6) is 0 Å². The van der Waals surface area contributed by atoms with Crippen molar-refractivity contribution in [3.05, 3.63) is 34.9 Å². The minimum Gasteiger partial charge on any atom is -0.459 e. The molecule has 1 aromatic rings. The largest absolute Gasteiger partial charge is 0.459 e. The highest BCUT2D eigenvalue weighted by atomic mass is 35.5. The summed E-state index contributed by atoms with van der Waals surface area (Å²) < 4.78 is 4.54. The van der Waals surface area contributed by atoms with Crippen molar-refractivity contribution >= 4 is 23.5 Å². The van der Waals surface area contributed by atoms with Gasteiger partial charge < -0.3 is 10.1 Å². The fourth-order valence-electron chi connectivity index (χ4n) is 1.10. The predicted octanol–water partition coefficient (Wildman–Crippen LogP) is 1.52. The summed E-state index contributed by atoms with van der Waals surface area (Å²) >= 11 is 5.77. The van der Waals surface area contributed by atoms with Gasteiger partial charge in [-0.25, -0.2) is 4.79 Å². The molecule has 86 valence electrons. The molecule has 0 radical (unpaired) electrons. The van der Waals surface area contributed by atoms with E-state index in [2.05, 4.69) is 10.1 Å². The second kappa shape index (κ2) is 6.12. The number of carbonyl (C=O) groups is 2. The third-order valence-corrected chi connectivity index (χ3v) is 2.04. The van der Waals surface area contributed by atoms with Crippen LogP contribution in [0.1, 0.15) is 12.5 Å². The summed E-state index contributed by atoms with van der Waals surface area (Å²) in [5, 5.41) is 3.02. The number of rotatable bonds is 3. The van der Waals surface area contributed by atoms with E-state index in [0.717, 1.165) is 5.56 Å². The van der Waals surface area contributed by atoms with E-state index in [1.165, 1.54) is 0 Å². The van der Waals surface area contributed by atoms with Crippen molar-refractivity contribution in [1.82, 2.24) is 5.32 Å². The SMILES string of the molecule is CCOC(=O)C(=O)NCc1cccc(Cl)c1. The third-order valence-electron chi connectivity index (χ3n) is 1.80. The van der Waals surface area contributed by atoms with Crippen LogP contribution < -0.4 is 5.32 Å². The molecule has 0 saturated heterocycles. The maximum absolute atomic E-state index is 11.2. The molecule has 0 unspecified atom stereocenters. The molecule has 0 aliphatic rings. The van der Waals surface area contributed by atoms with Crippen LogP contribution in [-0.2, 0) is 20.9 Å². The number of nitrogens with one attached hydrogen (secondary N) is 1. The maximum atomic E-state index is 11.2. The highest BCUT2D eigenvalue weighted by Crippen LogP contribution is 2.10. The molecule has 0 fully saturated rings. The van der Waals surface area contributed by atoms with Gasteiger partial charge in [0.1, 0.15) is 0 Å². The third kappa shape index (κ3) is 3.90. The fraction of sp³-hybridized carbons (Fsp3) is 0.273. The minimum atomic E-state index is -0.871. The van der Waals surface area contributed by atoms with Gasteiger partial charge in [-0.2, -0.15) is 0 Å². The van der Waals surface area contributed by atoms with Crippen molar-refractivity contribution < 1.29 is 14.3 Å². The Morgan fingerprint density at radius 1 is 1.44 bits per heavy atom. The van der Waals surface area contributed by atoms with E-state index in [1.807, 2.05) is 0 Å². The average Bonchev–Trinajstić information content (AvgIpc) is 2.26. The van der Waals surface area contributed by atoms with Gasteiger partial charge in [-0.15, -0.1) is 0 Å². The van der Waals surface area contributed by atoms with E-state index in [1.54, 1.807) is 31.2 Å². The first-order chi connectivity index (χ1) is 7.63. The van der Waals surface area contributed by atoms with Crippen molar-refractivity contribution in [2.75, 3.05) is 6.61 Å². The topological polar surface area (TPSA) is 55.4 Å². The Kier molecular flexibility index (Phi) is 4.79. The van der Waals surface area contributed by atoms with Crippen molar-refractivity contribution in [3.63, 3.8) is 0 Å². The number of ether oxygens (including phenoxy) is 1. The molecule has 1 N–H and O–H groups in total. The Labute approximate surface area is 98.5 Å². The second-order valence-electron chi connectivity index (χ2n) is 3.03. The Bertz CT molecular complexity index is 393. The van der Waals surface area contributed by atoms with Crippen molar-refractivity contribution in [2.45, 2.75) is 13.5 Å². The lowest BCUT2D eigenvalue weighted by molar-refractivity contribution is -0.154.